The third-order valence-corrected chi connectivity index (χ3v) is 4.37. The molecule has 1 rings (SSSR count). The van der Waals surface area contributed by atoms with Crippen LogP contribution in [0.1, 0.15) is 58.8 Å². The molecule has 0 spiro atoms. The van der Waals surface area contributed by atoms with Crippen LogP contribution in [0.5, 0.6) is 0 Å². The first-order valence-corrected chi connectivity index (χ1v) is 7.13. The molecule has 1 fully saturated rings. The Morgan fingerprint density at radius 3 is 2.56 bits per heavy atom. The monoisotopic (exact) mass is 226 g/mol. The number of hydrogen-bond donors (Lipinski definition) is 2. The van der Waals surface area contributed by atoms with Crippen molar-refractivity contribution in [1.29, 1.82) is 0 Å². The standard InChI is InChI=1S/C14H30N2/c1-3-14(8-5-9-14)12-16-11-4-6-13(2)7-10-15/h13,16H,3-12,15H2,1-2H3. The maximum atomic E-state index is 5.54. The molecule has 1 aliphatic carbocycles. The van der Waals surface area contributed by atoms with Gasteiger partial charge in [0.25, 0.3) is 0 Å². The van der Waals surface area contributed by atoms with Gasteiger partial charge in [-0.1, -0.05) is 20.3 Å². The summed E-state index contributed by atoms with van der Waals surface area (Å²) in [6.07, 6.45) is 9.50. The lowest BCUT2D eigenvalue weighted by atomic mass is 9.67. The molecule has 0 saturated heterocycles. The fourth-order valence-electron chi connectivity index (χ4n) is 2.69. The second-order valence-corrected chi connectivity index (χ2v) is 5.71. The van der Waals surface area contributed by atoms with Gasteiger partial charge >= 0.3 is 0 Å². The zero-order valence-corrected chi connectivity index (χ0v) is 11.2. The van der Waals surface area contributed by atoms with Crippen LogP contribution in [0.15, 0.2) is 0 Å². The average Bonchev–Trinajstić information content (AvgIpc) is 2.21. The largest absolute Gasteiger partial charge is 0.330 e. The quantitative estimate of drug-likeness (QED) is 0.593. The first-order chi connectivity index (χ1) is 7.72. The van der Waals surface area contributed by atoms with Crippen molar-refractivity contribution in [3.63, 3.8) is 0 Å². The van der Waals surface area contributed by atoms with Gasteiger partial charge in [-0.15, -0.1) is 0 Å². The molecule has 0 bridgehead atoms. The second kappa shape index (κ2) is 7.29. The summed E-state index contributed by atoms with van der Waals surface area (Å²) < 4.78 is 0. The van der Waals surface area contributed by atoms with E-state index in [1.165, 1.54) is 58.0 Å². The van der Waals surface area contributed by atoms with Crippen molar-refractivity contribution in [2.45, 2.75) is 58.8 Å². The predicted molar refractivity (Wildman–Crippen MR) is 71.5 cm³/mol. The van der Waals surface area contributed by atoms with E-state index >= 15 is 0 Å². The van der Waals surface area contributed by atoms with E-state index in [0.717, 1.165) is 12.5 Å². The van der Waals surface area contributed by atoms with E-state index in [4.69, 9.17) is 5.73 Å². The molecule has 2 heteroatoms. The molecule has 96 valence electrons. The van der Waals surface area contributed by atoms with Gasteiger partial charge in [-0.05, 0) is 62.9 Å². The molecule has 1 aliphatic rings. The first-order valence-electron chi connectivity index (χ1n) is 7.13. The van der Waals surface area contributed by atoms with Crippen LogP contribution in [0, 0.1) is 11.3 Å². The number of hydrogen-bond acceptors (Lipinski definition) is 2. The Balaban J connectivity index is 1.95. The number of nitrogens with two attached hydrogens (primary N) is 1. The van der Waals surface area contributed by atoms with Gasteiger partial charge in [0.05, 0.1) is 0 Å². The van der Waals surface area contributed by atoms with Crippen molar-refractivity contribution in [3.05, 3.63) is 0 Å². The summed E-state index contributed by atoms with van der Waals surface area (Å²) in [5, 5.41) is 3.65. The smallest absolute Gasteiger partial charge is 0.000770 e. The van der Waals surface area contributed by atoms with E-state index in [0.29, 0.717) is 5.41 Å². The zero-order valence-electron chi connectivity index (χ0n) is 11.2. The lowest BCUT2D eigenvalue weighted by Gasteiger charge is -2.41. The molecule has 1 unspecified atom stereocenters. The normalized spacial score (nSPS) is 20.4. The second-order valence-electron chi connectivity index (χ2n) is 5.71. The Morgan fingerprint density at radius 1 is 1.31 bits per heavy atom. The molecule has 0 heterocycles. The highest BCUT2D eigenvalue weighted by Crippen LogP contribution is 2.42. The van der Waals surface area contributed by atoms with E-state index in [1.54, 1.807) is 0 Å². The molecule has 0 aromatic carbocycles. The highest BCUT2D eigenvalue weighted by molar-refractivity contribution is 4.88. The number of nitrogens with one attached hydrogen (secondary N) is 1. The van der Waals surface area contributed by atoms with Crippen molar-refractivity contribution >= 4 is 0 Å². The Morgan fingerprint density at radius 2 is 2.06 bits per heavy atom. The van der Waals surface area contributed by atoms with Crippen LogP contribution in [0.3, 0.4) is 0 Å². The highest BCUT2D eigenvalue weighted by Gasteiger charge is 2.34. The topological polar surface area (TPSA) is 38.0 Å². The van der Waals surface area contributed by atoms with Crippen molar-refractivity contribution in [2.75, 3.05) is 19.6 Å². The molecule has 0 radical (unpaired) electrons. The molecule has 3 N–H and O–H groups in total. The fraction of sp³-hybridized carbons (Fsp3) is 1.00. The predicted octanol–water partition coefficient (Wildman–Crippen LogP) is 2.92. The fourth-order valence-corrected chi connectivity index (χ4v) is 2.69. The van der Waals surface area contributed by atoms with Crippen molar-refractivity contribution in [1.82, 2.24) is 5.32 Å². The van der Waals surface area contributed by atoms with Crippen LogP contribution in [0.4, 0.5) is 0 Å². The Kier molecular flexibility index (Phi) is 6.37. The van der Waals surface area contributed by atoms with Crippen LogP contribution in [-0.2, 0) is 0 Å². The Bertz CT molecular complexity index is 170. The molecule has 0 aromatic heterocycles. The maximum Gasteiger partial charge on any atom is 0.000770 e. The molecule has 0 aliphatic heterocycles. The van der Waals surface area contributed by atoms with Crippen LogP contribution in [0.25, 0.3) is 0 Å². The summed E-state index contributed by atoms with van der Waals surface area (Å²) >= 11 is 0. The van der Waals surface area contributed by atoms with Gasteiger partial charge in [-0.2, -0.15) is 0 Å². The van der Waals surface area contributed by atoms with Gasteiger partial charge in [0.15, 0.2) is 0 Å². The van der Waals surface area contributed by atoms with Gasteiger partial charge in [-0.3, -0.25) is 0 Å². The summed E-state index contributed by atoms with van der Waals surface area (Å²) in [5.41, 5.74) is 6.21. The van der Waals surface area contributed by atoms with Crippen molar-refractivity contribution in [3.8, 4) is 0 Å². The summed E-state index contributed by atoms with van der Waals surface area (Å²) in [6.45, 7) is 7.93. The minimum atomic E-state index is 0.670. The summed E-state index contributed by atoms with van der Waals surface area (Å²) in [6, 6.07) is 0. The van der Waals surface area contributed by atoms with Crippen LogP contribution < -0.4 is 11.1 Å². The van der Waals surface area contributed by atoms with E-state index in [1.807, 2.05) is 0 Å². The molecule has 1 saturated carbocycles. The SMILES string of the molecule is CCC1(CNCCCC(C)CCN)CCC1. The van der Waals surface area contributed by atoms with Crippen molar-refractivity contribution in [2.24, 2.45) is 17.1 Å². The molecule has 1 atom stereocenters. The van der Waals surface area contributed by atoms with Crippen molar-refractivity contribution < 1.29 is 0 Å². The molecule has 0 amide bonds. The third-order valence-electron chi connectivity index (χ3n) is 4.37. The van der Waals surface area contributed by atoms with E-state index in [9.17, 15) is 0 Å². The van der Waals surface area contributed by atoms with Gasteiger partial charge in [0.2, 0.25) is 0 Å². The van der Waals surface area contributed by atoms with Gasteiger partial charge < -0.3 is 11.1 Å². The van der Waals surface area contributed by atoms with Gasteiger partial charge in [0, 0.05) is 6.54 Å². The van der Waals surface area contributed by atoms with E-state index in [-0.39, 0.29) is 0 Å². The van der Waals surface area contributed by atoms with Gasteiger partial charge in [0.1, 0.15) is 0 Å². The Hall–Kier alpha value is -0.0800. The summed E-state index contributed by atoms with van der Waals surface area (Å²) in [7, 11) is 0. The molecule has 2 nitrogen and oxygen atoms in total. The maximum absolute atomic E-state index is 5.54. The first kappa shape index (κ1) is 14.0. The lowest BCUT2D eigenvalue weighted by Crippen LogP contribution is -2.39. The Labute approximate surface area is 101 Å². The average molecular weight is 226 g/mol. The minimum absolute atomic E-state index is 0.670. The summed E-state index contributed by atoms with van der Waals surface area (Å²) in [5.74, 6) is 0.802. The molecule has 16 heavy (non-hydrogen) atoms. The molecule has 0 aromatic rings. The highest BCUT2D eigenvalue weighted by atomic mass is 14.9. The van der Waals surface area contributed by atoms with E-state index < -0.39 is 0 Å². The molecular weight excluding hydrogens is 196 g/mol. The van der Waals surface area contributed by atoms with E-state index in [2.05, 4.69) is 19.2 Å². The summed E-state index contributed by atoms with van der Waals surface area (Å²) in [4.78, 5) is 0. The van der Waals surface area contributed by atoms with Crippen LogP contribution in [-0.4, -0.2) is 19.6 Å². The van der Waals surface area contributed by atoms with Gasteiger partial charge in [-0.25, -0.2) is 0 Å². The molecular formula is C14H30N2. The minimum Gasteiger partial charge on any atom is -0.330 e. The third kappa shape index (κ3) is 4.42. The van der Waals surface area contributed by atoms with Crippen LogP contribution >= 0.6 is 0 Å². The number of rotatable bonds is 9. The zero-order chi connectivity index (χ0) is 11.9. The van der Waals surface area contributed by atoms with Crippen LogP contribution in [0.2, 0.25) is 0 Å². The lowest BCUT2D eigenvalue weighted by molar-refractivity contribution is 0.124.